The van der Waals surface area contributed by atoms with Crippen molar-refractivity contribution in [1.29, 1.82) is 0 Å². The van der Waals surface area contributed by atoms with Crippen molar-refractivity contribution in [3.05, 3.63) is 52.4 Å². The maximum Gasteiger partial charge on any atom is 0.137 e. The van der Waals surface area contributed by atoms with E-state index in [9.17, 15) is 0 Å². The van der Waals surface area contributed by atoms with Crippen LogP contribution < -0.4 is 5.32 Å². The molecule has 1 aliphatic rings. The van der Waals surface area contributed by atoms with Crippen LogP contribution in [-0.4, -0.2) is 9.97 Å². The van der Waals surface area contributed by atoms with Gasteiger partial charge < -0.3 is 5.32 Å². The van der Waals surface area contributed by atoms with Gasteiger partial charge in [-0.05, 0) is 36.8 Å². The van der Waals surface area contributed by atoms with Gasteiger partial charge in [-0.25, -0.2) is 9.97 Å². The summed E-state index contributed by atoms with van der Waals surface area (Å²) in [6.07, 6.45) is 5.85. The summed E-state index contributed by atoms with van der Waals surface area (Å²) < 4.78 is 0. The molecule has 3 nitrogen and oxygen atoms in total. The molecule has 20 heavy (non-hydrogen) atoms. The summed E-state index contributed by atoms with van der Waals surface area (Å²) in [5.74, 6) is 0.870. The van der Waals surface area contributed by atoms with Gasteiger partial charge in [0.05, 0.1) is 6.04 Å². The molecule has 0 fully saturated rings. The van der Waals surface area contributed by atoms with E-state index in [2.05, 4.69) is 46.5 Å². The fourth-order valence-electron chi connectivity index (χ4n) is 2.90. The zero-order valence-corrected chi connectivity index (χ0v) is 12.3. The number of rotatable bonds is 3. The van der Waals surface area contributed by atoms with E-state index in [4.69, 9.17) is 11.6 Å². The molecule has 1 N–H and O–H groups in total. The van der Waals surface area contributed by atoms with Crippen LogP contribution >= 0.6 is 11.6 Å². The molecule has 0 bridgehead atoms. The predicted molar refractivity (Wildman–Crippen MR) is 82.2 cm³/mol. The van der Waals surface area contributed by atoms with E-state index in [-0.39, 0.29) is 0 Å². The van der Waals surface area contributed by atoms with Gasteiger partial charge in [0.25, 0.3) is 0 Å². The van der Waals surface area contributed by atoms with Gasteiger partial charge in [0, 0.05) is 5.56 Å². The molecular formula is C16H18ClN3. The molecule has 0 aliphatic heterocycles. The molecule has 3 rings (SSSR count). The molecule has 1 aromatic heterocycles. The van der Waals surface area contributed by atoms with Crippen molar-refractivity contribution < 1.29 is 0 Å². The molecular weight excluding hydrogens is 270 g/mol. The van der Waals surface area contributed by atoms with E-state index in [1.807, 2.05) is 0 Å². The van der Waals surface area contributed by atoms with Crippen LogP contribution in [0.4, 0.5) is 5.82 Å². The molecule has 1 atom stereocenters. The molecule has 2 aromatic rings. The summed E-state index contributed by atoms with van der Waals surface area (Å²) in [6.45, 7) is 2.07. The maximum absolute atomic E-state index is 6.16. The number of fused-ring (bicyclic) bond motifs is 1. The Morgan fingerprint density at radius 2 is 2.15 bits per heavy atom. The third kappa shape index (κ3) is 2.50. The Kier molecular flexibility index (Phi) is 3.88. The van der Waals surface area contributed by atoms with Gasteiger partial charge in [-0.1, -0.05) is 42.8 Å². The SMILES string of the molecule is CCc1c(Cl)ncnc1NC1CCCc2ccccc21. The third-order valence-electron chi connectivity index (χ3n) is 3.93. The minimum atomic E-state index is 0.316. The number of benzene rings is 1. The van der Waals surface area contributed by atoms with Crippen molar-refractivity contribution in [3.8, 4) is 0 Å². The Labute approximate surface area is 124 Å². The Bertz CT molecular complexity index is 612. The number of aromatic nitrogens is 2. The first-order valence-corrected chi connectivity index (χ1v) is 7.51. The first-order chi connectivity index (χ1) is 9.79. The highest BCUT2D eigenvalue weighted by atomic mass is 35.5. The van der Waals surface area contributed by atoms with Crippen molar-refractivity contribution in [3.63, 3.8) is 0 Å². The minimum absolute atomic E-state index is 0.316. The highest BCUT2D eigenvalue weighted by molar-refractivity contribution is 6.30. The smallest absolute Gasteiger partial charge is 0.137 e. The first kappa shape index (κ1) is 13.4. The second-order valence-corrected chi connectivity index (χ2v) is 5.49. The molecule has 4 heteroatoms. The zero-order valence-electron chi connectivity index (χ0n) is 11.6. The molecule has 1 aliphatic carbocycles. The van der Waals surface area contributed by atoms with Gasteiger partial charge in [0.15, 0.2) is 0 Å². The Morgan fingerprint density at radius 3 is 3.00 bits per heavy atom. The van der Waals surface area contributed by atoms with E-state index < -0.39 is 0 Å². The molecule has 0 spiro atoms. The minimum Gasteiger partial charge on any atom is -0.363 e. The Balaban J connectivity index is 1.91. The largest absolute Gasteiger partial charge is 0.363 e. The average Bonchev–Trinajstić information content (AvgIpc) is 2.48. The highest BCUT2D eigenvalue weighted by Crippen LogP contribution is 2.33. The molecule has 1 aromatic carbocycles. The highest BCUT2D eigenvalue weighted by Gasteiger charge is 2.21. The lowest BCUT2D eigenvalue weighted by Crippen LogP contribution is -2.19. The van der Waals surface area contributed by atoms with E-state index in [0.717, 1.165) is 24.2 Å². The summed E-state index contributed by atoms with van der Waals surface area (Å²) >= 11 is 6.16. The van der Waals surface area contributed by atoms with E-state index >= 15 is 0 Å². The van der Waals surface area contributed by atoms with Gasteiger partial charge in [-0.15, -0.1) is 0 Å². The monoisotopic (exact) mass is 287 g/mol. The van der Waals surface area contributed by atoms with Gasteiger partial charge in [-0.3, -0.25) is 0 Å². The van der Waals surface area contributed by atoms with Crippen LogP contribution in [0, 0.1) is 0 Å². The molecule has 1 unspecified atom stereocenters. The summed E-state index contributed by atoms with van der Waals surface area (Å²) in [5.41, 5.74) is 3.82. The van der Waals surface area contributed by atoms with E-state index in [0.29, 0.717) is 11.2 Å². The number of nitrogens with one attached hydrogen (secondary N) is 1. The second-order valence-electron chi connectivity index (χ2n) is 5.13. The molecule has 104 valence electrons. The van der Waals surface area contributed by atoms with Crippen LogP contribution in [0.3, 0.4) is 0 Å². The summed E-state index contributed by atoms with van der Waals surface area (Å²) in [5, 5.41) is 4.11. The van der Waals surface area contributed by atoms with Crippen LogP contribution in [0.15, 0.2) is 30.6 Å². The lowest BCUT2D eigenvalue weighted by Gasteiger charge is -2.27. The van der Waals surface area contributed by atoms with Crippen LogP contribution in [0.1, 0.15) is 42.5 Å². The Hall–Kier alpha value is -1.61. The number of aryl methyl sites for hydroxylation is 1. The van der Waals surface area contributed by atoms with E-state index in [1.54, 1.807) is 0 Å². The molecule has 0 saturated carbocycles. The topological polar surface area (TPSA) is 37.8 Å². The van der Waals surface area contributed by atoms with Crippen molar-refractivity contribution in [2.45, 2.75) is 38.6 Å². The van der Waals surface area contributed by atoms with Gasteiger partial charge in [0.2, 0.25) is 0 Å². The van der Waals surface area contributed by atoms with Crippen molar-refractivity contribution >= 4 is 17.4 Å². The fourth-order valence-corrected chi connectivity index (χ4v) is 3.16. The quantitative estimate of drug-likeness (QED) is 0.861. The lowest BCUT2D eigenvalue weighted by molar-refractivity contribution is 0.597. The van der Waals surface area contributed by atoms with Gasteiger partial charge in [0.1, 0.15) is 17.3 Å². The number of hydrogen-bond donors (Lipinski definition) is 1. The molecule has 0 radical (unpaired) electrons. The fraction of sp³-hybridized carbons (Fsp3) is 0.375. The zero-order chi connectivity index (χ0) is 13.9. The Morgan fingerprint density at radius 1 is 1.30 bits per heavy atom. The molecule has 0 amide bonds. The van der Waals surface area contributed by atoms with Crippen molar-refractivity contribution in [1.82, 2.24) is 9.97 Å². The number of nitrogens with zero attached hydrogens (tertiary/aromatic N) is 2. The van der Waals surface area contributed by atoms with Crippen LogP contribution in [-0.2, 0) is 12.8 Å². The summed E-state index contributed by atoms with van der Waals surface area (Å²) in [4.78, 5) is 8.43. The molecule has 0 saturated heterocycles. The van der Waals surface area contributed by atoms with Crippen LogP contribution in [0.5, 0.6) is 0 Å². The van der Waals surface area contributed by atoms with E-state index in [1.165, 1.54) is 30.3 Å². The standard InChI is InChI=1S/C16H18ClN3/c1-2-12-15(17)18-10-19-16(12)20-14-9-5-7-11-6-3-4-8-13(11)14/h3-4,6,8,10,14H,2,5,7,9H2,1H3,(H,18,19,20). The maximum atomic E-state index is 6.16. The third-order valence-corrected chi connectivity index (χ3v) is 4.25. The van der Waals surface area contributed by atoms with Gasteiger partial charge >= 0.3 is 0 Å². The van der Waals surface area contributed by atoms with Crippen molar-refractivity contribution in [2.24, 2.45) is 0 Å². The average molecular weight is 288 g/mol. The number of hydrogen-bond acceptors (Lipinski definition) is 3. The van der Waals surface area contributed by atoms with Gasteiger partial charge in [-0.2, -0.15) is 0 Å². The first-order valence-electron chi connectivity index (χ1n) is 7.13. The number of halogens is 1. The van der Waals surface area contributed by atoms with Crippen molar-refractivity contribution in [2.75, 3.05) is 5.32 Å². The number of anilines is 1. The van der Waals surface area contributed by atoms with Crippen LogP contribution in [0.25, 0.3) is 0 Å². The second kappa shape index (κ2) is 5.80. The normalized spacial score (nSPS) is 17.6. The summed E-state index contributed by atoms with van der Waals surface area (Å²) in [6, 6.07) is 8.96. The van der Waals surface area contributed by atoms with Crippen LogP contribution in [0.2, 0.25) is 5.15 Å². The molecule has 1 heterocycles. The predicted octanol–water partition coefficient (Wildman–Crippen LogP) is 4.18. The lowest BCUT2D eigenvalue weighted by atomic mass is 9.87. The summed E-state index contributed by atoms with van der Waals surface area (Å²) in [7, 11) is 0.